The topological polar surface area (TPSA) is 68.5 Å². The molecule has 5 rings (SSSR count). The largest absolute Gasteiger partial charge is 0.493 e. The molecule has 0 aliphatic heterocycles. The maximum Gasteiger partial charge on any atom is 0.255 e. The highest BCUT2D eigenvalue weighted by Crippen LogP contribution is 2.47. The lowest BCUT2D eigenvalue weighted by Crippen LogP contribution is -2.26. The van der Waals surface area contributed by atoms with Crippen LogP contribution in [-0.2, 0) is 17.3 Å². The summed E-state index contributed by atoms with van der Waals surface area (Å²) in [7, 11) is 0. The van der Waals surface area contributed by atoms with E-state index in [1.165, 1.54) is 95.7 Å². The number of rotatable bonds is 30. The van der Waals surface area contributed by atoms with Gasteiger partial charge in [0.25, 0.3) is 5.91 Å². The molecule has 0 fully saturated rings. The molecule has 1 N–H and O–H groups in total. The minimum absolute atomic E-state index is 0.213. The lowest BCUT2D eigenvalue weighted by Gasteiger charge is -2.27. The number of ether oxygens (including phenoxy) is 1. The van der Waals surface area contributed by atoms with E-state index >= 15 is 0 Å². The quantitative estimate of drug-likeness (QED) is 0.0368. The van der Waals surface area contributed by atoms with E-state index in [-0.39, 0.29) is 11.3 Å². The van der Waals surface area contributed by atoms with Gasteiger partial charge in [-0.05, 0) is 98.5 Å². The monoisotopic (exact) mass is 912 g/mol. The summed E-state index contributed by atoms with van der Waals surface area (Å²) in [5.74, 6) is 2.28. The molecule has 8 heteroatoms. The van der Waals surface area contributed by atoms with E-state index in [4.69, 9.17) is 9.15 Å². The SMILES string of the molecule is CCCCCCCCC(C)COc1ccc(CCCNC(=O)c2c(-c3ccc(-c4ccc(-c5ccc(C(C)(CC)CCCCC)s5)s4)s3)oc(C(C)(C)CCCCC)c2C=O)cc1. The molecule has 0 aliphatic carbocycles. The molecule has 1 aromatic carbocycles. The Bertz CT molecular complexity index is 2120. The maximum absolute atomic E-state index is 14.2. The maximum atomic E-state index is 14.2. The van der Waals surface area contributed by atoms with Crippen LogP contribution in [0.4, 0.5) is 0 Å². The number of aldehydes is 1. The molecule has 0 saturated carbocycles. The number of carbonyl (C=O) groups excluding carboxylic acids is 2. The number of unbranched alkanes of at least 4 members (excludes halogenated alkanes) is 9. The molecule has 5 aromatic rings. The van der Waals surface area contributed by atoms with E-state index in [1.54, 1.807) is 11.3 Å². The van der Waals surface area contributed by atoms with Gasteiger partial charge >= 0.3 is 0 Å². The van der Waals surface area contributed by atoms with E-state index in [2.05, 4.69) is 115 Å². The van der Waals surface area contributed by atoms with Crippen molar-refractivity contribution in [3.63, 3.8) is 0 Å². The van der Waals surface area contributed by atoms with Gasteiger partial charge in [0.1, 0.15) is 11.5 Å². The Labute approximate surface area is 392 Å². The Hall–Kier alpha value is -3.46. The minimum atomic E-state index is -0.410. The third-order valence-corrected chi connectivity index (χ3v) is 16.9. The van der Waals surface area contributed by atoms with Crippen molar-refractivity contribution in [1.82, 2.24) is 5.32 Å². The number of furan rings is 1. The van der Waals surface area contributed by atoms with Gasteiger partial charge < -0.3 is 14.5 Å². The Balaban J connectivity index is 1.26. The van der Waals surface area contributed by atoms with Crippen LogP contribution in [-0.4, -0.2) is 25.3 Å². The van der Waals surface area contributed by atoms with E-state index in [0.29, 0.717) is 35.1 Å². The van der Waals surface area contributed by atoms with E-state index in [9.17, 15) is 9.59 Å². The fourth-order valence-corrected chi connectivity index (χ4v) is 12.0. The van der Waals surface area contributed by atoms with Crippen molar-refractivity contribution < 1.29 is 18.7 Å². The molecule has 0 saturated heterocycles. The molecule has 63 heavy (non-hydrogen) atoms. The molecule has 0 aliphatic rings. The van der Waals surface area contributed by atoms with Crippen molar-refractivity contribution in [3.05, 3.63) is 88.0 Å². The molecular weight excluding hydrogens is 835 g/mol. The summed E-state index contributed by atoms with van der Waals surface area (Å²) < 4.78 is 12.8. The van der Waals surface area contributed by atoms with Crippen molar-refractivity contribution in [1.29, 1.82) is 0 Å². The third-order valence-electron chi connectivity index (χ3n) is 13.0. The van der Waals surface area contributed by atoms with E-state index in [0.717, 1.165) is 73.3 Å². The lowest BCUT2D eigenvalue weighted by atomic mass is 9.81. The first-order chi connectivity index (χ1) is 30.5. The molecule has 2 atom stereocenters. The van der Waals surface area contributed by atoms with Gasteiger partial charge in [-0.15, -0.1) is 34.0 Å². The summed E-state index contributed by atoms with van der Waals surface area (Å²) in [5, 5.41) is 3.16. The van der Waals surface area contributed by atoms with Crippen LogP contribution in [0, 0.1) is 5.92 Å². The number of benzene rings is 1. The van der Waals surface area contributed by atoms with Gasteiger partial charge in [-0.1, -0.05) is 145 Å². The molecule has 4 heterocycles. The fourth-order valence-electron chi connectivity index (χ4n) is 8.55. The Morgan fingerprint density at radius 3 is 1.92 bits per heavy atom. The van der Waals surface area contributed by atoms with E-state index < -0.39 is 5.41 Å². The first-order valence-corrected chi connectivity index (χ1v) is 26.8. The van der Waals surface area contributed by atoms with Crippen LogP contribution in [0.3, 0.4) is 0 Å². The van der Waals surface area contributed by atoms with Gasteiger partial charge in [-0.3, -0.25) is 9.59 Å². The second kappa shape index (κ2) is 25.3. The summed E-state index contributed by atoms with van der Waals surface area (Å²) in [4.78, 5) is 34.4. The van der Waals surface area contributed by atoms with Gasteiger partial charge in [-0.2, -0.15) is 0 Å². The number of amides is 1. The normalized spacial score (nSPS) is 13.3. The third kappa shape index (κ3) is 14.3. The van der Waals surface area contributed by atoms with E-state index in [1.807, 2.05) is 28.7 Å². The average Bonchev–Trinajstić information content (AvgIpc) is 4.12. The molecule has 4 aromatic heterocycles. The van der Waals surface area contributed by atoms with Gasteiger partial charge in [0, 0.05) is 41.8 Å². The predicted octanol–water partition coefficient (Wildman–Crippen LogP) is 17.5. The molecule has 2 unspecified atom stereocenters. The Morgan fingerprint density at radius 1 is 0.698 bits per heavy atom. The van der Waals surface area contributed by atoms with Gasteiger partial charge in [0.05, 0.1) is 22.6 Å². The molecule has 0 spiro atoms. The lowest BCUT2D eigenvalue weighted by molar-refractivity contribution is 0.0948. The minimum Gasteiger partial charge on any atom is -0.493 e. The number of aryl methyl sites for hydroxylation is 1. The second-order valence-corrected chi connectivity index (χ2v) is 22.1. The standard InChI is InChI=1S/C55H77NO4S3/c1-9-13-16-17-18-19-23-40(5)39-59-42-27-25-41(26-28-42)24-22-37-56-53(58)50-43(38-57)52(54(6,7)35-20-14-10-2)60-51(50)48-32-31-45(62-48)44-29-30-46(61-44)47-33-34-49(63-47)55(8,12-4)36-21-15-11-3/h25-34,38,40H,9-24,35-37,39H2,1-8H3,(H,56,58). The summed E-state index contributed by atoms with van der Waals surface area (Å²) in [6.07, 6.45) is 21.9. The highest BCUT2D eigenvalue weighted by molar-refractivity contribution is 7.27. The molecular formula is C55H77NO4S3. The number of hydrogen-bond acceptors (Lipinski definition) is 7. The van der Waals surface area contributed by atoms with Crippen LogP contribution in [0.15, 0.2) is 65.1 Å². The van der Waals surface area contributed by atoms with Crippen LogP contribution in [0.5, 0.6) is 5.75 Å². The zero-order valence-electron chi connectivity index (χ0n) is 39.9. The second-order valence-electron chi connectivity index (χ2n) is 18.8. The van der Waals surface area contributed by atoms with Crippen molar-refractivity contribution >= 4 is 46.2 Å². The molecule has 0 radical (unpaired) electrons. The highest BCUT2D eigenvalue weighted by Gasteiger charge is 2.35. The Morgan fingerprint density at radius 2 is 1.27 bits per heavy atom. The van der Waals surface area contributed by atoms with Gasteiger partial charge in [0.15, 0.2) is 12.0 Å². The van der Waals surface area contributed by atoms with Crippen molar-refractivity contribution in [3.8, 4) is 35.9 Å². The average molecular weight is 912 g/mol. The van der Waals surface area contributed by atoms with Crippen LogP contribution in [0.2, 0.25) is 0 Å². The van der Waals surface area contributed by atoms with Gasteiger partial charge in [-0.25, -0.2) is 0 Å². The zero-order valence-corrected chi connectivity index (χ0v) is 42.4. The van der Waals surface area contributed by atoms with Crippen molar-refractivity contribution in [2.75, 3.05) is 13.2 Å². The molecule has 5 nitrogen and oxygen atoms in total. The highest BCUT2D eigenvalue weighted by atomic mass is 32.1. The predicted molar refractivity (Wildman–Crippen MR) is 273 cm³/mol. The summed E-state index contributed by atoms with van der Waals surface area (Å²) in [6.45, 7) is 19.3. The smallest absolute Gasteiger partial charge is 0.255 e. The summed E-state index contributed by atoms with van der Waals surface area (Å²) in [6, 6.07) is 21.6. The van der Waals surface area contributed by atoms with Crippen LogP contribution in [0.25, 0.3) is 30.1 Å². The fraction of sp³-hybridized carbons (Fsp3) is 0.564. The van der Waals surface area contributed by atoms with Crippen LogP contribution in [0.1, 0.15) is 201 Å². The molecule has 344 valence electrons. The molecule has 1 amide bonds. The summed E-state index contributed by atoms with van der Waals surface area (Å²) in [5.41, 5.74) is 1.73. The van der Waals surface area contributed by atoms with Gasteiger partial charge in [0.2, 0.25) is 0 Å². The van der Waals surface area contributed by atoms with Crippen molar-refractivity contribution in [2.45, 2.75) is 182 Å². The Kier molecular flexibility index (Phi) is 20.3. The summed E-state index contributed by atoms with van der Waals surface area (Å²) >= 11 is 5.36. The number of carbonyl (C=O) groups is 2. The number of thiophene rings is 3. The van der Waals surface area contributed by atoms with Crippen molar-refractivity contribution in [2.24, 2.45) is 5.92 Å². The number of hydrogen-bond donors (Lipinski definition) is 1. The first-order valence-electron chi connectivity index (χ1n) is 24.4. The molecule has 0 bridgehead atoms. The van der Waals surface area contributed by atoms with Crippen LogP contribution >= 0.6 is 34.0 Å². The first kappa shape index (κ1) is 50.5. The zero-order chi connectivity index (χ0) is 45.2. The van der Waals surface area contributed by atoms with Crippen LogP contribution < -0.4 is 10.1 Å². The number of nitrogens with one attached hydrogen (secondary N) is 1.